The van der Waals surface area contributed by atoms with Crippen molar-refractivity contribution in [2.45, 2.75) is 62.6 Å². The molecule has 1 N–H and O–H groups in total. The summed E-state index contributed by atoms with van der Waals surface area (Å²) in [5.41, 5.74) is 2.40. The number of anilines is 1. The molecule has 7 nitrogen and oxygen atoms in total. The Morgan fingerprint density at radius 2 is 1.61 bits per heavy atom. The number of aromatic nitrogens is 1. The maximum Gasteiger partial charge on any atom is 0.344 e. The Morgan fingerprint density at radius 3 is 2.19 bits per heavy atom. The number of piperidine rings is 1. The summed E-state index contributed by atoms with van der Waals surface area (Å²) in [5, 5.41) is 14.2. The molecule has 2 bridgehead atoms. The van der Waals surface area contributed by atoms with Crippen molar-refractivity contribution in [2.24, 2.45) is 0 Å². The number of carboxylic acids is 1. The molecule has 0 amide bonds. The maximum absolute atomic E-state index is 13.6. The predicted molar refractivity (Wildman–Crippen MR) is 135 cm³/mol. The highest BCUT2D eigenvalue weighted by atomic mass is 35.5. The van der Waals surface area contributed by atoms with Crippen LogP contribution in [0.15, 0.2) is 47.0 Å². The summed E-state index contributed by atoms with van der Waals surface area (Å²) >= 11 is 12.9. The second kappa shape index (κ2) is 9.12. The van der Waals surface area contributed by atoms with E-state index in [2.05, 4.69) is 10.1 Å². The molecule has 0 unspecified atom stereocenters. The van der Waals surface area contributed by atoms with Crippen molar-refractivity contribution in [1.29, 1.82) is 0 Å². The number of aromatic carboxylic acids is 1. The van der Waals surface area contributed by atoms with Crippen molar-refractivity contribution in [3.63, 3.8) is 0 Å². The van der Waals surface area contributed by atoms with Crippen LogP contribution in [-0.4, -0.2) is 40.4 Å². The zero-order chi connectivity index (χ0) is 25.0. The van der Waals surface area contributed by atoms with Crippen molar-refractivity contribution < 1.29 is 24.0 Å². The van der Waals surface area contributed by atoms with Gasteiger partial charge in [-0.15, -0.1) is 0 Å². The van der Waals surface area contributed by atoms with E-state index in [4.69, 9.17) is 32.5 Å². The molecule has 2 aromatic carbocycles. The molecule has 186 valence electrons. The molecule has 2 aliphatic heterocycles. The zero-order valence-electron chi connectivity index (χ0n) is 19.3. The van der Waals surface area contributed by atoms with Gasteiger partial charge in [-0.05, 0) is 62.1 Å². The molecule has 1 aliphatic carbocycles. The fourth-order valence-electron chi connectivity index (χ4n) is 5.65. The zero-order valence-corrected chi connectivity index (χ0v) is 20.8. The first-order chi connectivity index (χ1) is 17.4. The van der Waals surface area contributed by atoms with Gasteiger partial charge in [-0.1, -0.05) is 34.4 Å². The Bertz CT molecular complexity index is 1300. The first kappa shape index (κ1) is 23.4. The van der Waals surface area contributed by atoms with E-state index in [1.807, 2.05) is 12.1 Å². The highest BCUT2D eigenvalue weighted by Crippen LogP contribution is 2.47. The minimum Gasteiger partial charge on any atom is -0.478 e. The Balaban J connectivity index is 1.23. The van der Waals surface area contributed by atoms with E-state index in [-0.39, 0.29) is 29.7 Å². The Kier molecular flexibility index (Phi) is 5.92. The third kappa shape index (κ3) is 4.14. The molecule has 3 fully saturated rings. The number of carbonyl (C=O) groups excluding carboxylic acids is 1. The standard InChI is InChI=1S/C27H24Cl2N2O5/c28-20-2-1-3-21(29)22(20)24-23(25(36-30-24)14-4-5-14)27(34)35-19-12-17-10-11-18(13-19)31(17)16-8-6-15(7-9-16)26(32)33/h1-3,6-9,14,17-19H,4-5,10-13H2,(H,32,33)/t17-,18+,19+. The summed E-state index contributed by atoms with van der Waals surface area (Å²) in [4.78, 5) is 27.1. The number of hydrogen-bond acceptors (Lipinski definition) is 6. The average Bonchev–Trinajstić information content (AvgIpc) is 3.55. The van der Waals surface area contributed by atoms with E-state index >= 15 is 0 Å². The van der Waals surface area contributed by atoms with Gasteiger partial charge < -0.3 is 19.3 Å². The third-order valence-electron chi connectivity index (χ3n) is 7.45. The summed E-state index contributed by atoms with van der Waals surface area (Å²) in [6.45, 7) is 0. The number of ether oxygens (including phenoxy) is 1. The van der Waals surface area contributed by atoms with E-state index < -0.39 is 11.9 Å². The summed E-state index contributed by atoms with van der Waals surface area (Å²) in [7, 11) is 0. The normalized spacial score (nSPS) is 23.1. The topological polar surface area (TPSA) is 92.9 Å². The number of carboxylic acid groups (broad SMARTS) is 1. The van der Waals surface area contributed by atoms with Crippen molar-refractivity contribution in [1.82, 2.24) is 5.16 Å². The number of fused-ring (bicyclic) bond motifs is 2. The maximum atomic E-state index is 13.6. The minimum atomic E-state index is -0.938. The van der Waals surface area contributed by atoms with Crippen LogP contribution >= 0.6 is 23.2 Å². The van der Waals surface area contributed by atoms with Crippen molar-refractivity contribution in [3.8, 4) is 11.3 Å². The lowest BCUT2D eigenvalue weighted by Gasteiger charge is -2.40. The number of hydrogen-bond donors (Lipinski definition) is 1. The molecule has 9 heteroatoms. The summed E-state index contributed by atoms with van der Waals surface area (Å²) in [5.74, 6) is -0.688. The lowest BCUT2D eigenvalue weighted by Crippen LogP contribution is -2.46. The van der Waals surface area contributed by atoms with Crippen LogP contribution in [0.5, 0.6) is 0 Å². The van der Waals surface area contributed by atoms with Gasteiger partial charge >= 0.3 is 11.9 Å². The van der Waals surface area contributed by atoms with Crippen molar-refractivity contribution >= 4 is 40.8 Å². The van der Waals surface area contributed by atoms with E-state index in [0.29, 0.717) is 45.5 Å². The molecule has 3 atom stereocenters. The number of rotatable bonds is 6. The van der Waals surface area contributed by atoms with Gasteiger partial charge in [-0.3, -0.25) is 0 Å². The first-order valence-corrected chi connectivity index (χ1v) is 12.9. The van der Waals surface area contributed by atoms with E-state index in [1.54, 1.807) is 30.3 Å². The predicted octanol–water partition coefficient (Wildman–Crippen LogP) is 6.58. The summed E-state index contributed by atoms with van der Waals surface area (Å²) in [6, 6.07) is 12.6. The van der Waals surface area contributed by atoms with Gasteiger partial charge in [0.25, 0.3) is 0 Å². The van der Waals surface area contributed by atoms with Crippen LogP contribution in [0.4, 0.5) is 5.69 Å². The van der Waals surface area contributed by atoms with Gasteiger partial charge in [0, 0.05) is 42.1 Å². The number of esters is 1. The van der Waals surface area contributed by atoms with Crippen LogP contribution < -0.4 is 4.90 Å². The Labute approximate surface area is 217 Å². The molecule has 3 aliphatic rings. The smallest absolute Gasteiger partial charge is 0.344 e. The van der Waals surface area contributed by atoms with Gasteiger partial charge in [-0.25, -0.2) is 9.59 Å². The molecule has 36 heavy (non-hydrogen) atoms. The number of nitrogens with zero attached hydrogens (tertiary/aromatic N) is 2. The largest absolute Gasteiger partial charge is 0.478 e. The highest BCUT2D eigenvalue weighted by molar-refractivity contribution is 6.39. The van der Waals surface area contributed by atoms with Crippen LogP contribution in [0.25, 0.3) is 11.3 Å². The van der Waals surface area contributed by atoms with Gasteiger partial charge in [-0.2, -0.15) is 0 Å². The number of halogens is 2. The van der Waals surface area contributed by atoms with Crippen LogP contribution in [-0.2, 0) is 4.74 Å². The Hall–Kier alpha value is -3.03. The molecule has 3 aromatic rings. The van der Waals surface area contributed by atoms with E-state index in [9.17, 15) is 14.7 Å². The molecule has 6 rings (SSSR count). The van der Waals surface area contributed by atoms with Gasteiger partial charge in [0.2, 0.25) is 0 Å². The van der Waals surface area contributed by atoms with Crippen LogP contribution in [0.1, 0.15) is 70.9 Å². The third-order valence-corrected chi connectivity index (χ3v) is 8.08. The second-order valence-corrected chi connectivity index (χ2v) is 10.6. The van der Waals surface area contributed by atoms with Crippen molar-refractivity contribution in [3.05, 3.63) is 69.4 Å². The average molecular weight is 527 g/mol. The fourth-order valence-corrected chi connectivity index (χ4v) is 6.23. The first-order valence-electron chi connectivity index (χ1n) is 12.2. The molecular formula is C27H24Cl2N2O5. The SMILES string of the molecule is O=C(O)c1ccc(N2[C@@H]3CC[C@H]2C[C@@H](OC(=O)c2c(-c4c(Cl)cccc4Cl)noc2C2CC2)C3)cc1. The quantitative estimate of drug-likeness (QED) is 0.362. The second-order valence-electron chi connectivity index (χ2n) is 9.78. The molecule has 1 saturated carbocycles. The molecule has 3 heterocycles. The van der Waals surface area contributed by atoms with Crippen LogP contribution in [0, 0.1) is 0 Å². The fraction of sp³-hybridized carbons (Fsp3) is 0.370. The van der Waals surface area contributed by atoms with Crippen molar-refractivity contribution in [2.75, 3.05) is 4.90 Å². The lowest BCUT2D eigenvalue weighted by atomic mass is 9.98. The summed E-state index contributed by atoms with van der Waals surface area (Å²) in [6.07, 6.45) is 5.05. The molecule has 0 spiro atoms. The molecule has 2 saturated heterocycles. The van der Waals surface area contributed by atoms with Gasteiger partial charge in [0.05, 0.1) is 15.6 Å². The Morgan fingerprint density at radius 1 is 0.972 bits per heavy atom. The molecule has 0 radical (unpaired) electrons. The monoisotopic (exact) mass is 526 g/mol. The minimum absolute atomic E-state index is 0.155. The van der Waals surface area contributed by atoms with Gasteiger partial charge in [0.1, 0.15) is 17.4 Å². The molecule has 1 aromatic heterocycles. The van der Waals surface area contributed by atoms with Gasteiger partial charge in [0.15, 0.2) is 5.76 Å². The van der Waals surface area contributed by atoms with E-state index in [0.717, 1.165) is 31.4 Å². The highest BCUT2D eigenvalue weighted by Gasteiger charge is 2.43. The molecular weight excluding hydrogens is 503 g/mol. The van der Waals surface area contributed by atoms with Crippen LogP contribution in [0.2, 0.25) is 10.0 Å². The number of carbonyl (C=O) groups is 2. The summed E-state index contributed by atoms with van der Waals surface area (Å²) < 4.78 is 11.7. The van der Waals surface area contributed by atoms with E-state index in [1.165, 1.54) is 0 Å². The van der Waals surface area contributed by atoms with Crippen LogP contribution in [0.3, 0.4) is 0 Å². The number of benzene rings is 2. The lowest BCUT2D eigenvalue weighted by molar-refractivity contribution is 0.0202.